The molecule has 4 aromatic rings. The van der Waals surface area contributed by atoms with Crippen LogP contribution in [0.4, 0.5) is 0 Å². The Balaban J connectivity index is 1.62. The Kier molecular flexibility index (Phi) is 5.58. The molecule has 1 heterocycles. The predicted molar refractivity (Wildman–Crippen MR) is 156 cm³/mol. The first-order chi connectivity index (χ1) is 18.6. The molecule has 0 aromatic heterocycles. The average Bonchev–Trinajstić information content (AvgIpc) is 3.18. The third-order valence-corrected chi connectivity index (χ3v) is 13.5. The lowest BCUT2D eigenvalue weighted by Gasteiger charge is -2.49. The molecule has 4 heteroatoms. The van der Waals surface area contributed by atoms with Gasteiger partial charge in [0.05, 0.1) is 5.16 Å². The second-order valence-electron chi connectivity index (χ2n) is 11.1. The normalized spacial score (nSPS) is 30.8. The van der Waals surface area contributed by atoms with E-state index in [1.165, 1.54) is 5.56 Å². The van der Waals surface area contributed by atoms with Gasteiger partial charge in [-0.1, -0.05) is 103 Å². The molecule has 0 spiro atoms. The highest BCUT2D eigenvalue weighted by atomic mass is 31.2. The van der Waals surface area contributed by atoms with Gasteiger partial charge in [-0.2, -0.15) is 0 Å². The molecule has 2 fully saturated rings. The summed E-state index contributed by atoms with van der Waals surface area (Å²) in [5, 5.41) is 2.37. The zero-order chi connectivity index (χ0) is 25.9. The lowest BCUT2D eigenvalue weighted by Crippen LogP contribution is -2.45. The summed E-state index contributed by atoms with van der Waals surface area (Å²) in [6, 6.07) is 33.6. The first-order valence-electron chi connectivity index (χ1n) is 13.7. The molecule has 3 nitrogen and oxygen atoms in total. The first-order valence-corrected chi connectivity index (χ1v) is 15.4. The van der Waals surface area contributed by atoms with Crippen LogP contribution in [0.5, 0.6) is 0 Å². The molecule has 4 aromatic carbocycles. The Morgan fingerprint density at radius 1 is 0.868 bits per heavy atom. The molecular weight excluding hydrogens is 485 g/mol. The van der Waals surface area contributed by atoms with Gasteiger partial charge in [-0.25, -0.2) is 4.67 Å². The molecule has 3 aliphatic rings. The number of benzene rings is 4. The third kappa shape index (κ3) is 3.12. The maximum atomic E-state index is 16.6. The van der Waals surface area contributed by atoms with Crippen LogP contribution in [-0.2, 0) is 14.5 Å². The molecule has 5 atom stereocenters. The maximum Gasteiger partial charge on any atom is 0.190 e. The van der Waals surface area contributed by atoms with E-state index in [-0.39, 0.29) is 17.9 Å². The predicted octanol–water partition coefficient (Wildman–Crippen LogP) is 7.73. The van der Waals surface area contributed by atoms with E-state index < -0.39 is 12.4 Å². The summed E-state index contributed by atoms with van der Waals surface area (Å²) in [6.45, 7) is 0. The molecule has 1 unspecified atom stereocenters. The van der Waals surface area contributed by atoms with Gasteiger partial charge in [0, 0.05) is 30.1 Å². The fourth-order valence-electron chi connectivity index (χ4n) is 7.98. The fraction of sp³-hybridized carbons (Fsp3) is 0.265. The number of fused-ring (bicyclic) bond motifs is 4. The Morgan fingerprint density at radius 3 is 2.45 bits per heavy atom. The fourth-order valence-corrected chi connectivity index (χ4v) is 12.6. The van der Waals surface area contributed by atoms with E-state index in [4.69, 9.17) is 0 Å². The second kappa shape index (κ2) is 8.90. The van der Waals surface area contributed by atoms with Crippen LogP contribution in [0.25, 0.3) is 16.8 Å². The van der Waals surface area contributed by atoms with Crippen LogP contribution in [-0.4, -0.2) is 17.5 Å². The average molecular weight is 518 g/mol. The Hall–Kier alpha value is -3.26. The highest BCUT2D eigenvalue weighted by Crippen LogP contribution is 2.81. The molecule has 0 N–H and O–H groups in total. The van der Waals surface area contributed by atoms with E-state index in [0.29, 0.717) is 18.6 Å². The number of ketones is 1. The molecule has 38 heavy (non-hydrogen) atoms. The van der Waals surface area contributed by atoms with Gasteiger partial charge in [0.15, 0.2) is 7.29 Å². The Labute approximate surface area is 224 Å². The molecule has 0 bridgehead atoms. The zero-order valence-electron chi connectivity index (χ0n) is 21.7. The summed E-state index contributed by atoms with van der Waals surface area (Å²) in [4.78, 5) is 13.1. The Bertz CT molecular complexity index is 1620. The molecule has 0 radical (unpaired) electrons. The van der Waals surface area contributed by atoms with E-state index >= 15 is 4.57 Å². The van der Waals surface area contributed by atoms with Crippen LogP contribution in [0.3, 0.4) is 0 Å². The van der Waals surface area contributed by atoms with Crippen molar-refractivity contribution in [2.75, 3.05) is 7.05 Å². The largest absolute Gasteiger partial charge is 0.300 e. The van der Waals surface area contributed by atoms with Gasteiger partial charge in [0.2, 0.25) is 0 Å². The highest BCUT2D eigenvalue weighted by Gasteiger charge is 2.70. The van der Waals surface area contributed by atoms with Crippen LogP contribution in [0, 0.1) is 11.8 Å². The summed E-state index contributed by atoms with van der Waals surface area (Å²) in [6.07, 6.45) is 7.44. The van der Waals surface area contributed by atoms with Gasteiger partial charge in [0.25, 0.3) is 0 Å². The van der Waals surface area contributed by atoms with Crippen LogP contribution in [0.15, 0.2) is 103 Å². The molecule has 0 amide bonds. The standard InChI is InChI=1S/C34H32NO2P/c1-35-33(26-13-3-2-4-14-26)31-22-21-25-12-6-8-19-30(25)34(31,27-16-10-17-28(36)23-27)38(35,37)32-20-9-15-24-11-5-7-18-29(24)32/h2-9,11-15,18-22,27,31,33H,10,16-17,23H2,1H3/t27-,31-,33+,34-,38?/m1/s1. The minimum atomic E-state index is -3.34. The lowest BCUT2D eigenvalue weighted by atomic mass is 9.64. The quantitative estimate of drug-likeness (QED) is 0.261. The van der Waals surface area contributed by atoms with E-state index in [2.05, 4.69) is 103 Å². The van der Waals surface area contributed by atoms with Crippen molar-refractivity contribution in [1.29, 1.82) is 0 Å². The van der Waals surface area contributed by atoms with Gasteiger partial charge in [0.1, 0.15) is 5.78 Å². The number of Topliss-reactive ketones (excluding diaryl/α,β-unsaturated/α-hetero) is 1. The number of rotatable bonds is 3. The van der Waals surface area contributed by atoms with Gasteiger partial charge in [-0.3, -0.25) is 4.79 Å². The number of nitrogens with zero attached hydrogens (tertiary/aromatic N) is 1. The molecule has 1 saturated heterocycles. The number of hydrogen-bond acceptors (Lipinski definition) is 2. The van der Waals surface area contributed by atoms with Gasteiger partial charge >= 0.3 is 0 Å². The second-order valence-corrected chi connectivity index (χ2v) is 14.1. The highest BCUT2D eigenvalue weighted by molar-refractivity contribution is 7.71. The molecule has 2 aliphatic carbocycles. The maximum absolute atomic E-state index is 16.6. The molecular formula is C34H32NO2P. The van der Waals surface area contributed by atoms with Crippen molar-refractivity contribution in [3.63, 3.8) is 0 Å². The lowest BCUT2D eigenvalue weighted by molar-refractivity contribution is -0.122. The number of hydrogen-bond donors (Lipinski definition) is 0. The van der Waals surface area contributed by atoms with E-state index in [9.17, 15) is 4.79 Å². The van der Waals surface area contributed by atoms with Crippen molar-refractivity contribution < 1.29 is 9.36 Å². The van der Waals surface area contributed by atoms with Crippen molar-refractivity contribution in [3.8, 4) is 0 Å². The van der Waals surface area contributed by atoms with E-state index in [1.54, 1.807) is 0 Å². The number of carbonyl (C=O) groups is 1. The van der Waals surface area contributed by atoms with Crippen molar-refractivity contribution in [2.45, 2.75) is 36.9 Å². The van der Waals surface area contributed by atoms with Crippen LogP contribution in [0.2, 0.25) is 0 Å². The van der Waals surface area contributed by atoms with Crippen molar-refractivity contribution in [3.05, 3.63) is 120 Å². The van der Waals surface area contributed by atoms with Crippen LogP contribution < -0.4 is 5.30 Å². The molecule has 1 aliphatic heterocycles. The summed E-state index contributed by atoms with van der Waals surface area (Å²) in [5.41, 5.74) is 3.45. The van der Waals surface area contributed by atoms with Crippen LogP contribution in [0.1, 0.15) is 48.4 Å². The SMILES string of the molecule is CN1[C@@H](c2ccccc2)[C@H]2C=Cc3ccccc3[C@@]2([C@@H]2CCCC(=O)C2)P1(=O)c1cccc2ccccc12. The minimum absolute atomic E-state index is 0.000754. The van der Waals surface area contributed by atoms with Gasteiger partial charge in [-0.05, 0) is 59.3 Å². The smallest absolute Gasteiger partial charge is 0.190 e. The molecule has 1 saturated carbocycles. The first kappa shape index (κ1) is 23.8. The Morgan fingerprint density at radius 2 is 1.61 bits per heavy atom. The van der Waals surface area contributed by atoms with Gasteiger partial charge < -0.3 is 4.57 Å². The third-order valence-electron chi connectivity index (χ3n) is 9.41. The summed E-state index contributed by atoms with van der Waals surface area (Å²) < 4.78 is 18.8. The molecule has 7 rings (SSSR count). The molecule has 190 valence electrons. The van der Waals surface area contributed by atoms with Crippen molar-refractivity contribution in [1.82, 2.24) is 4.67 Å². The minimum Gasteiger partial charge on any atom is -0.300 e. The number of carbonyl (C=O) groups excluding carboxylic acids is 1. The van der Waals surface area contributed by atoms with Crippen molar-refractivity contribution >= 4 is 35.2 Å². The summed E-state index contributed by atoms with van der Waals surface area (Å²) >= 11 is 0. The van der Waals surface area contributed by atoms with Crippen molar-refractivity contribution in [2.24, 2.45) is 11.8 Å². The summed E-state index contributed by atoms with van der Waals surface area (Å²) in [7, 11) is -1.27. The topological polar surface area (TPSA) is 37.4 Å². The monoisotopic (exact) mass is 517 g/mol. The van der Waals surface area contributed by atoms with Gasteiger partial charge in [-0.15, -0.1) is 0 Å². The van der Waals surface area contributed by atoms with E-state index in [1.807, 2.05) is 18.2 Å². The zero-order valence-corrected chi connectivity index (χ0v) is 22.6. The van der Waals surface area contributed by atoms with Crippen LogP contribution >= 0.6 is 7.29 Å². The van der Waals surface area contributed by atoms with E-state index in [0.717, 1.165) is 40.0 Å². The summed E-state index contributed by atoms with van der Waals surface area (Å²) in [5.74, 6) is 0.281.